The molecule has 3 heterocycles. The van der Waals surface area contributed by atoms with Gasteiger partial charge in [0.1, 0.15) is 17.8 Å². The molecule has 0 aromatic carbocycles. The molecule has 6 aliphatic rings. The molecule has 14 atom stereocenters. The Bertz CT molecular complexity index is 1200. The van der Waals surface area contributed by atoms with Crippen molar-refractivity contribution < 1.29 is 48.6 Å². The number of carbonyl (C=O) groups excluding carboxylic acids is 2. The molecule has 1 unspecified atom stereocenters. The van der Waals surface area contributed by atoms with Crippen molar-refractivity contribution in [3.05, 3.63) is 24.2 Å². The van der Waals surface area contributed by atoms with E-state index in [-0.39, 0.29) is 31.5 Å². The Morgan fingerprint density at radius 2 is 1.79 bits per heavy atom. The van der Waals surface area contributed by atoms with Crippen LogP contribution >= 0.6 is 0 Å². The van der Waals surface area contributed by atoms with E-state index in [1.807, 2.05) is 19.9 Å². The first-order valence-electron chi connectivity index (χ1n) is 13.6. The number of carbonyl (C=O) groups is 2. The van der Waals surface area contributed by atoms with Crippen LogP contribution in [0, 0.1) is 33.5 Å². The van der Waals surface area contributed by atoms with Gasteiger partial charge < -0.3 is 39.1 Å². The van der Waals surface area contributed by atoms with E-state index >= 15 is 0 Å². The van der Waals surface area contributed by atoms with Crippen LogP contribution in [0.4, 0.5) is 0 Å². The Morgan fingerprint density at radius 3 is 2.45 bits per heavy atom. The Labute approximate surface area is 220 Å². The van der Waals surface area contributed by atoms with Crippen LogP contribution in [-0.2, 0) is 23.8 Å². The summed E-state index contributed by atoms with van der Waals surface area (Å²) in [6, 6.07) is 1.84. The lowest BCUT2D eigenvalue weighted by Gasteiger charge is -2.72. The number of epoxide rings is 1. The number of ketones is 1. The first-order valence-corrected chi connectivity index (χ1v) is 13.6. The summed E-state index contributed by atoms with van der Waals surface area (Å²) in [4.78, 5) is 26.5. The van der Waals surface area contributed by atoms with Gasteiger partial charge in [0.15, 0.2) is 12.1 Å². The minimum Gasteiger partial charge on any atom is -0.472 e. The van der Waals surface area contributed by atoms with Gasteiger partial charge in [-0.05, 0) is 30.4 Å². The van der Waals surface area contributed by atoms with Crippen molar-refractivity contribution >= 4 is 11.8 Å². The van der Waals surface area contributed by atoms with E-state index in [4.69, 9.17) is 18.6 Å². The molecular formula is C28H36O10. The summed E-state index contributed by atoms with van der Waals surface area (Å²) in [6.45, 7) is 6.61. The molecular weight excluding hydrogens is 496 g/mol. The Kier molecular flexibility index (Phi) is 4.82. The molecule has 10 heteroatoms. The van der Waals surface area contributed by atoms with Gasteiger partial charge in [0.25, 0.3) is 0 Å². The van der Waals surface area contributed by atoms with Crippen LogP contribution in [0.5, 0.6) is 0 Å². The molecule has 38 heavy (non-hydrogen) atoms. The quantitative estimate of drug-likeness (QED) is 0.318. The number of aliphatic hydroxyl groups excluding tert-OH is 4. The maximum atomic E-state index is 14.5. The van der Waals surface area contributed by atoms with Crippen molar-refractivity contribution in [2.75, 3.05) is 6.61 Å². The molecule has 4 saturated carbocycles. The van der Waals surface area contributed by atoms with Crippen molar-refractivity contribution in [1.29, 1.82) is 0 Å². The monoisotopic (exact) mass is 532 g/mol. The molecule has 1 aromatic heterocycles. The second-order valence-electron chi connectivity index (χ2n) is 13.3. The van der Waals surface area contributed by atoms with Gasteiger partial charge >= 0.3 is 5.97 Å². The maximum Gasteiger partial charge on any atom is 0.302 e. The molecule has 0 amide bonds. The highest BCUT2D eigenvalue weighted by atomic mass is 16.6. The fourth-order valence-corrected chi connectivity index (χ4v) is 10.7. The van der Waals surface area contributed by atoms with Crippen molar-refractivity contribution in [3.63, 3.8) is 0 Å². The van der Waals surface area contributed by atoms with Gasteiger partial charge in [-0.15, -0.1) is 0 Å². The van der Waals surface area contributed by atoms with Crippen LogP contribution in [0.2, 0.25) is 0 Å². The van der Waals surface area contributed by atoms with Crippen molar-refractivity contribution in [2.24, 2.45) is 33.5 Å². The Balaban J connectivity index is 1.41. The first kappa shape index (κ1) is 25.2. The normalized spacial score (nSPS) is 58.3. The fourth-order valence-electron chi connectivity index (χ4n) is 10.7. The standard InChI is InChI=1S/C28H36O10/c1-12(29)37-18-9-17(31)27-11-36-23(34)24(18,2)15(27)8-16(30)26(4)21(27)20(32)22(33)25(3)14(13-5-6-35-10-13)7-19-28(25,26)38-19/h5-6,10,14-19,21-23,30-31,33-34H,7-9,11H2,1-4H3/t14-,15+,16-,17+,18-,19-,21+,22+,23?,24+,25-,26-,27-,28-/m1/s1. The molecule has 2 aliphatic heterocycles. The topological polar surface area (TPSA) is 159 Å². The van der Waals surface area contributed by atoms with Crippen LogP contribution < -0.4 is 0 Å². The van der Waals surface area contributed by atoms with E-state index < -0.39 is 81.6 Å². The molecule has 6 fully saturated rings. The molecule has 2 saturated heterocycles. The molecule has 208 valence electrons. The number of hydrogen-bond acceptors (Lipinski definition) is 10. The van der Waals surface area contributed by atoms with Gasteiger partial charge in [-0.1, -0.05) is 20.8 Å². The number of furan rings is 1. The molecule has 10 nitrogen and oxygen atoms in total. The highest BCUT2D eigenvalue weighted by Gasteiger charge is 2.92. The summed E-state index contributed by atoms with van der Waals surface area (Å²) < 4.78 is 23.3. The molecule has 1 spiro atoms. The smallest absolute Gasteiger partial charge is 0.302 e. The van der Waals surface area contributed by atoms with Gasteiger partial charge in [0.05, 0.1) is 42.9 Å². The number of aliphatic hydroxyl groups is 4. The second-order valence-corrected chi connectivity index (χ2v) is 13.3. The minimum atomic E-state index is -1.43. The van der Waals surface area contributed by atoms with Gasteiger partial charge in [-0.2, -0.15) is 0 Å². The van der Waals surface area contributed by atoms with Crippen LogP contribution in [0.1, 0.15) is 58.4 Å². The first-order chi connectivity index (χ1) is 17.8. The summed E-state index contributed by atoms with van der Waals surface area (Å²) in [5.41, 5.74) is -4.74. The van der Waals surface area contributed by atoms with E-state index in [1.54, 1.807) is 19.5 Å². The second kappa shape index (κ2) is 7.27. The number of hydrogen-bond donors (Lipinski definition) is 4. The average Bonchev–Trinajstić information content (AvgIpc) is 3.22. The summed E-state index contributed by atoms with van der Waals surface area (Å²) in [5, 5.41) is 46.8. The maximum absolute atomic E-state index is 14.5. The number of rotatable bonds is 2. The van der Waals surface area contributed by atoms with Gasteiger partial charge in [0.2, 0.25) is 0 Å². The molecule has 0 radical (unpaired) electrons. The predicted molar refractivity (Wildman–Crippen MR) is 127 cm³/mol. The van der Waals surface area contributed by atoms with Crippen molar-refractivity contribution in [1.82, 2.24) is 0 Å². The molecule has 4 aliphatic carbocycles. The third kappa shape index (κ3) is 2.36. The minimum absolute atomic E-state index is 0.00521. The van der Waals surface area contributed by atoms with Crippen LogP contribution in [0.25, 0.3) is 0 Å². The van der Waals surface area contributed by atoms with E-state index in [0.29, 0.717) is 6.42 Å². The lowest BCUT2D eigenvalue weighted by Crippen LogP contribution is -2.82. The fraction of sp³-hybridized carbons (Fsp3) is 0.786. The zero-order valence-corrected chi connectivity index (χ0v) is 22.0. The highest BCUT2D eigenvalue weighted by molar-refractivity contribution is 5.91. The van der Waals surface area contributed by atoms with E-state index in [2.05, 4.69) is 0 Å². The van der Waals surface area contributed by atoms with Gasteiger partial charge in [0, 0.05) is 41.4 Å². The van der Waals surface area contributed by atoms with Crippen LogP contribution in [0.3, 0.4) is 0 Å². The predicted octanol–water partition coefficient (Wildman–Crippen LogP) is 0.895. The third-order valence-electron chi connectivity index (χ3n) is 12.3. The van der Waals surface area contributed by atoms with E-state index in [9.17, 15) is 30.0 Å². The van der Waals surface area contributed by atoms with Crippen LogP contribution in [-0.4, -0.2) is 81.2 Å². The van der Waals surface area contributed by atoms with E-state index in [0.717, 1.165) is 5.56 Å². The lowest BCUT2D eigenvalue weighted by atomic mass is 9.33. The summed E-state index contributed by atoms with van der Waals surface area (Å²) in [6.07, 6.45) is -2.21. The molecule has 1 aromatic rings. The number of Topliss-reactive ketones (excluding diaryl/α,β-unsaturated/α-hetero) is 1. The Hall–Kier alpha value is -1.82. The molecule has 4 N–H and O–H groups in total. The number of esters is 1. The van der Waals surface area contributed by atoms with E-state index in [1.165, 1.54) is 6.92 Å². The summed E-state index contributed by atoms with van der Waals surface area (Å²) in [7, 11) is 0. The molecule has 7 rings (SSSR count). The van der Waals surface area contributed by atoms with Gasteiger partial charge in [-0.3, -0.25) is 9.59 Å². The molecule has 2 bridgehead atoms. The lowest BCUT2D eigenvalue weighted by molar-refractivity contribution is -0.373. The number of ether oxygens (including phenoxy) is 3. The number of fused-ring (bicyclic) bond motifs is 1. The SMILES string of the molecule is CC(=O)O[C@@H]1C[C@H](O)[C@@]23COC(O)[C@@]1(C)[C@@H]2C[C@@H](O)[C@]1(C)[C@@H]3C(=O)[C@H](O)[C@@]2(C)[C@@H](c3ccoc3)C[C@H]3O[C@@]312. The zero-order chi connectivity index (χ0) is 27.2. The summed E-state index contributed by atoms with van der Waals surface area (Å²) >= 11 is 0. The zero-order valence-electron chi connectivity index (χ0n) is 22.0. The Morgan fingerprint density at radius 1 is 1.05 bits per heavy atom. The van der Waals surface area contributed by atoms with Crippen molar-refractivity contribution in [2.45, 2.75) is 95.3 Å². The van der Waals surface area contributed by atoms with Crippen molar-refractivity contribution in [3.8, 4) is 0 Å². The highest BCUT2D eigenvalue weighted by Crippen LogP contribution is 2.82. The summed E-state index contributed by atoms with van der Waals surface area (Å²) in [5.74, 6) is -2.88. The third-order valence-corrected chi connectivity index (χ3v) is 12.3. The van der Waals surface area contributed by atoms with Crippen LogP contribution in [0.15, 0.2) is 23.0 Å². The van der Waals surface area contributed by atoms with Gasteiger partial charge in [-0.25, -0.2) is 0 Å². The average molecular weight is 533 g/mol. The largest absolute Gasteiger partial charge is 0.472 e.